The SMILES string of the molecule is CN1[C@@H](C(=O)NCC2CC2)C[C@H]2CN(Cc3ccncc3)C[C@H]21. The molecule has 0 unspecified atom stereocenters. The average molecular weight is 314 g/mol. The average Bonchev–Trinajstić information content (AvgIpc) is 3.23. The number of amides is 1. The number of likely N-dealkylation sites (N-methyl/N-ethyl adjacent to an activating group) is 1. The van der Waals surface area contributed by atoms with E-state index in [1.807, 2.05) is 12.4 Å². The number of fused-ring (bicyclic) bond motifs is 1. The van der Waals surface area contributed by atoms with Gasteiger partial charge in [0, 0.05) is 44.6 Å². The summed E-state index contributed by atoms with van der Waals surface area (Å²) in [5.41, 5.74) is 1.32. The van der Waals surface area contributed by atoms with Crippen LogP contribution in [0, 0.1) is 11.8 Å². The molecule has 1 amide bonds. The van der Waals surface area contributed by atoms with Gasteiger partial charge in [0.25, 0.3) is 0 Å². The molecule has 1 aromatic rings. The molecule has 5 heteroatoms. The summed E-state index contributed by atoms with van der Waals surface area (Å²) >= 11 is 0. The van der Waals surface area contributed by atoms with Gasteiger partial charge in [0.15, 0.2) is 0 Å². The van der Waals surface area contributed by atoms with Gasteiger partial charge in [-0.1, -0.05) is 0 Å². The van der Waals surface area contributed by atoms with Crippen LogP contribution in [0.4, 0.5) is 0 Å². The molecule has 2 saturated heterocycles. The fraction of sp³-hybridized carbons (Fsp3) is 0.667. The van der Waals surface area contributed by atoms with Crippen molar-refractivity contribution in [1.82, 2.24) is 20.1 Å². The largest absolute Gasteiger partial charge is 0.354 e. The minimum Gasteiger partial charge on any atom is -0.354 e. The summed E-state index contributed by atoms with van der Waals surface area (Å²) in [4.78, 5) is 21.3. The highest BCUT2D eigenvalue weighted by Crippen LogP contribution is 2.35. The van der Waals surface area contributed by atoms with Crippen LogP contribution in [0.3, 0.4) is 0 Å². The van der Waals surface area contributed by atoms with Gasteiger partial charge < -0.3 is 5.32 Å². The number of rotatable bonds is 5. The third-order valence-electron chi connectivity index (χ3n) is 5.74. The second-order valence-electron chi connectivity index (χ2n) is 7.48. The molecule has 3 heterocycles. The molecule has 23 heavy (non-hydrogen) atoms. The van der Waals surface area contributed by atoms with Gasteiger partial charge >= 0.3 is 0 Å². The van der Waals surface area contributed by atoms with Gasteiger partial charge in [0.2, 0.25) is 5.91 Å². The summed E-state index contributed by atoms with van der Waals surface area (Å²) in [7, 11) is 2.13. The van der Waals surface area contributed by atoms with Crippen LogP contribution in [-0.4, -0.2) is 59.5 Å². The number of carbonyl (C=O) groups excluding carboxylic acids is 1. The summed E-state index contributed by atoms with van der Waals surface area (Å²) in [5.74, 6) is 1.62. The Balaban J connectivity index is 1.31. The summed E-state index contributed by atoms with van der Waals surface area (Å²) in [6, 6.07) is 4.78. The van der Waals surface area contributed by atoms with Crippen LogP contribution in [0.1, 0.15) is 24.8 Å². The highest BCUT2D eigenvalue weighted by atomic mass is 16.2. The Labute approximate surface area is 138 Å². The van der Waals surface area contributed by atoms with Crippen LogP contribution in [0.25, 0.3) is 0 Å². The van der Waals surface area contributed by atoms with E-state index in [2.05, 4.69) is 39.3 Å². The molecule has 3 atom stereocenters. The van der Waals surface area contributed by atoms with E-state index >= 15 is 0 Å². The first-order chi connectivity index (χ1) is 11.2. The first-order valence-electron chi connectivity index (χ1n) is 8.81. The van der Waals surface area contributed by atoms with Crippen molar-refractivity contribution in [2.45, 2.75) is 37.9 Å². The lowest BCUT2D eigenvalue weighted by atomic mass is 10.0. The monoisotopic (exact) mass is 314 g/mol. The van der Waals surface area contributed by atoms with Crippen molar-refractivity contribution in [3.8, 4) is 0 Å². The number of nitrogens with zero attached hydrogens (tertiary/aromatic N) is 3. The van der Waals surface area contributed by atoms with E-state index in [1.54, 1.807) is 0 Å². The number of hydrogen-bond acceptors (Lipinski definition) is 4. The number of carbonyl (C=O) groups is 1. The van der Waals surface area contributed by atoms with E-state index in [1.165, 1.54) is 18.4 Å². The van der Waals surface area contributed by atoms with Crippen molar-refractivity contribution < 1.29 is 4.79 Å². The van der Waals surface area contributed by atoms with E-state index in [0.29, 0.717) is 12.0 Å². The Kier molecular flexibility index (Phi) is 4.07. The molecule has 0 spiro atoms. The van der Waals surface area contributed by atoms with Gasteiger partial charge in [-0.15, -0.1) is 0 Å². The van der Waals surface area contributed by atoms with E-state index in [0.717, 1.165) is 38.5 Å². The Morgan fingerprint density at radius 2 is 2.09 bits per heavy atom. The molecule has 0 aromatic carbocycles. The van der Waals surface area contributed by atoms with Gasteiger partial charge in [-0.25, -0.2) is 0 Å². The zero-order valence-corrected chi connectivity index (χ0v) is 13.8. The molecular weight excluding hydrogens is 288 g/mol. The zero-order chi connectivity index (χ0) is 15.8. The smallest absolute Gasteiger partial charge is 0.237 e. The van der Waals surface area contributed by atoms with Crippen LogP contribution in [0.2, 0.25) is 0 Å². The van der Waals surface area contributed by atoms with E-state index in [-0.39, 0.29) is 11.9 Å². The molecule has 1 N–H and O–H groups in total. The standard InChI is InChI=1S/C18H26N4O/c1-21-16(18(23)20-9-13-2-3-13)8-15-11-22(12-17(15)21)10-14-4-6-19-7-5-14/h4-7,13,15-17H,2-3,8-12H2,1H3,(H,20,23)/t15-,16+,17+/m0/s1. The quantitative estimate of drug-likeness (QED) is 0.884. The van der Waals surface area contributed by atoms with Crippen LogP contribution in [0.15, 0.2) is 24.5 Å². The Hall–Kier alpha value is -1.46. The molecule has 0 radical (unpaired) electrons. The molecule has 5 nitrogen and oxygen atoms in total. The van der Waals surface area contributed by atoms with Crippen molar-refractivity contribution in [3.63, 3.8) is 0 Å². The number of pyridine rings is 1. The summed E-state index contributed by atoms with van der Waals surface area (Å²) in [6.07, 6.45) is 7.30. The molecular formula is C18H26N4O. The summed E-state index contributed by atoms with van der Waals surface area (Å²) in [6.45, 7) is 4.04. The first-order valence-corrected chi connectivity index (χ1v) is 8.81. The lowest BCUT2D eigenvalue weighted by Gasteiger charge is -2.26. The topological polar surface area (TPSA) is 48.5 Å². The normalized spacial score (nSPS) is 31.3. The van der Waals surface area contributed by atoms with Crippen molar-refractivity contribution in [2.75, 3.05) is 26.7 Å². The number of hydrogen-bond donors (Lipinski definition) is 1. The minimum absolute atomic E-state index is 0.0758. The maximum atomic E-state index is 12.4. The van der Waals surface area contributed by atoms with Crippen LogP contribution in [0.5, 0.6) is 0 Å². The molecule has 124 valence electrons. The molecule has 1 aromatic heterocycles. The fourth-order valence-corrected chi connectivity index (χ4v) is 4.17. The lowest BCUT2D eigenvalue weighted by molar-refractivity contribution is -0.125. The van der Waals surface area contributed by atoms with Crippen molar-refractivity contribution >= 4 is 5.91 Å². The molecule has 3 aliphatic rings. The summed E-state index contributed by atoms with van der Waals surface area (Å²) < 4.78 is 0. The Morgan fingerprint density at radius 1 is 1.30 bits per heavy atom. The van der Waals surface area contributed by atoms with Crippen molar-refractivity contribution in [1.29, 1.82) is 0 Å². The highest BCUT2D eigenvalue weighted by Gasteiger charge is 2.46. The molecule has 1 saturated carbocycles. The third kappa shape index (κ3) is 3.26. The van der Waals surface area contributed by atoms with E-state index < -0.39 is 0 Å². The molecule has 0 bridgehead atoms. The van der Waals surface area contributed by atoms with Crippen LogP contribution < -0.4 is 5.32 Å². The van der Waals surface area contributed by atoms with Gasteiger partial charge in [0.05, 0.1) is 6.04 Å². The van der Waals surface area contributed by atoms with Gasteiger partial charge in [-0.3, -0.25) is 19.6 Å². The zero-order valence-electron chi connectivity index (χ0n) is 13.8. The third-order valence-corrected chi connectivity index (χ3v) is 5.74. The van der Waals surface area contributed by atoms with E-state index in [9.17, 15) is 4.79 Å². The second-order valence-corrected chi connectivity index (χ2v) is 7.48. The first kappa shape index (κ1) is 15.1. The van der Waals surface area contributed by atoms with Gasteiger partial charge in [0.1, 0.15) is 0 Å². The molecule has 1 aliphatic carbocycles. The van der Waals surface area contributed by atoms with Crippen LogP contribution in [-0.2, 0) is 11.3 Å². The van der Waals surface area contributed by atoms with Gasteiger partial charge in [-0.2, -0.15) is 0 Å². The van der Waals surface area contributed by atoms with Crippen LogP contribution >= 0.6 is 0 Å². The fourth-order valence-electron chi connectivity index (χ4n) is 4.17. The van der Waals surface area contributed by atoms with Crippen molar-refractivity contribution in [3.05, 3.63) is 30.1 Å². The second kappa shape index (κ2) is 6.21. The number of aromatic nitrogens is 1. The predicted octanol–water partition coefficient (Wildman–Crippen LogP) is 1.11. The van der Waals surface area contributed by atoms with Crippen molar-refractivity contribution in [2.24, 2.45) is 11.8 Å². The predicted molar refractivity (Wildman–Crippen MR) is 88.7 cm³/mol. The Bertz CT molecular complexity index is 559. The Morgan fingerprint density at radius 3 is 2.78 bits per heavy atom. The number of nitrogens with one attached hydrogen (secondary N) is 1. The molecule has 3 fully saturated rings. The molecule has 2 aliphatic heterocycles. The molecule has 4 rings (SSSR count). The van der Waals surface area contributed by atoms with E-state index in [4.69, 9.17) is 0 Å². The highest BCUT2D eigenvalue weighted by molar-refractivity contribution is 5.82. The maximum absolute atomic E-state index is 12.4. The van der Waals surface area contributed by atoms with Gasteiger partial charge in [-0.05, 0) is 55.8 Å². The summed E-state index contributed by atoms with van der Waals surface area (Å²) in [5, 5.41) is 3.16. The lowest BCUT2D eigenvalue weighted by Crippen LogP contribution is -2.46. The number of likely N-dealkylation sites (tertiary alicyclic amines) is 2. The minimum atomic E-state index is 0.0758. The maximum Gasteiger partial charge on any atom is 0.237 e.